The average Bonchev–Trinajstić information content (AvgIpc) is 2.41. The van der Waals surface area contributed by atoms with E-state index in [1.165, 1.54) is 11.1 Å². The van der Waals surface area contributed by atoms with Crippen LogP contribution in [-0.2, 0) is 0 Å². The van der Waals surface area contributed by atoms with E-state index >= 15 is 0 Å². The Balaban J connectivity index is 1.84. The van der Waals surface area contributed by atoms with Crippen LogP contribution in [0.15, 0.2) is 72.8 Å². The summed E-state index contributed by atoms with van der Waals surface area (Å²) >= 11 is 0. The van der Waals surface area contributed by atoms with Crippen molar-refractivity contribution >= 4 is 12.2 Å². The maximum absolute atomic E-state index is 2.09. The molecule has 0 fully saturated rings. The van der Waals surface area contributed by atoms with Crippen LogP contribution in [0.3, 0.4) is 0 Å². The Kier molecular flexibility index (Phi) is 4.24. The fourth-order valence-electron chi connectivity index (χ4n) is 1.53. The number of hydrogen-bond acceptors (Lipinski definition) is 0. The molecule has 0 atom stereocenters. The lowest BCUT2D eigenvalue weighted by molar-refractivity contribution is 1.64. The maximum atomic E-state index is 2.09. The molecule has 0 aromatic heterocycles. The topological polar surface area (TPSA) is 0 Å². The zero-order valence-corrected chi connectivity index (χ0v) is 9.66. The monoisotopic (exact) mass is 219 g/mol. The quantitative estimate of drug-likeness (QED) is 0.658. The summed E-state index contributed by atoms with van der Waals surface area (Å²) in [5, 5.41) is 0. The van der Waals surface area contributed by atoms with Gasteiger partial charge in [-0.05, 0) is 24.3 Å². The lowest BCUT2D eigenvalue weighted by atomic mass is 10.2. The van der Waals surface area contributed by atoms with Gasteiger partial charge in [0.1, 0.15) is 0 Å². The third kappa shape index (κ3) is 4.04. The van der Waals surface area contributed by atoms with Gasteiger partial charge in [-0.3, -0.25) is 0 Å². The van der Waals surface area contributed by atoms with Crippen molar-refractivity contribution in [1.29, 1.82) is 0 Å². The van der Waals surface area contributed by atoms with E-state index in [9.17, 15) is 0 Å². The van der Waals surface area contributed by atoms with E-state index in [1.54, 1.807) is 0 Å². The SMILES string of the molecule is C(=Cc1ccccc1)[CH+]/C=C/c1ccccc1. The predicted octanol–water partition coefficient (Wildman–Crippen LogP) is 4.62. The van der Waals surface area contributed by atoms with Gasteiger partial charge in [-0.25, -0.2) is 0 Å². The van der Waals surface area contributed by atoms with Crippen LogP contribution in [0.5, 0.6) is 0 Å². The summed E-state index contributed by atoms with van der Waals surface area (Å²) in [6.45, 7) is 0. The van der Waals surface area contributed by atoms with Gasteiger partial charge in [0.15, 0.2) is 0 Å². The highest BCUT2D eigenvalue weighted by Gasteiger charge is 1.88. The standard InChI is InChI=1S/C17H15/c1-4-10-16(11-5-1)14-8-3-9-15-17-12-6-2-7-13-17/h1-15H/q+1/b14-8+,15-9?. The van der Waals surface area contributed by atoms with Gasteiger partial charge in [-0.1, -0.05) is 36.4 Å². The number of hydrogen-bond donors (Lipinski definition) is 0. The van der Waals surface area contributed by atoms with Crippen LogP contribution < -0.4 is 0 Å². The summed E-state index contributed by atoms with van der Waals surface area (Å²) < 4.78 is 0. The molecule has 0 radical (unpaired) electrons. The third-order valence-corrected chi connectivity index (χ3v) is 2.40. The fraction of sp³-hybridized carbons (Fsp3) is 0. The van der Waals surface area contributed by atoms with Gasteiger partial charge in [0, 0.05) is 41.9 Å². The molecule has 82 valence electrons. The Morgan fingerprint density at radius 1 is 0.588 bits per heavy atom. The van der Waals surface area contributed by atoms with Crippen LogP contribution in [0, 0.1) is 6.42 Å². The molecule has 0 unspecified atom stereocenters. The molecule has 0 amide bonds. The average molecular weight is 219 g/mol. The molecule has 0 bridgehead atoms. The first-order valence-corrected chi connectivity index (χ1v) is 5.73. The van der Waals surface area contributed by atoms with E-state index in [0.29, 0.717) is 0 Å². The second-order valence-electron chi connectivity index (χ2n) is 3.73. The zero-order chi connectivity index (χ0) is 11.8. The molecule has 2 aromatic rings. The Bertz CT molecular complexity index is 430. The van der Waals surface area contributed by atoms with E-state index < -0.39 is 0 Å². The third-order valence-electron chi connectivity index (χ3n) is 2.40. The molecule has 0 heterocycles. The van der Waals surface area contributed by atoms with Crippen LogP contribution in [0.4, 0.5) is 0 Å². The van der Waals surface area contributed by atoms with E-state index in [1.807, 2.05) is 42.8 Å². The number of allylic oxidation sites excluding steroid dienone is 2. The maximum Gasteiger partial charge on any atom is 0.0473 e. The summed E-state index contributed by atoms with van der Waals surface area (Å²) in [6, 6.07) is 20.6. The first-order chi connectivity index (χ1) is 8.45. The molecule has 0 aliphatic rings. The molecule has 0 aliphatic heterocycles. The van der Waals surface area contributed by atoms with Crippen molar-refractivity contribution in [1.82, 2.24) is 0 Å². The van der Waals surface area contributed by atoms with Crippen LogP contribution in [-0.4, -0.2) is 0 Å². The summed E-state index contributed by atoms with van der Waals surface area (Å²) in [7, 11) is 0. The number of benzene rings is 2. The largest absolute Gasteiger partial charge is 0.0621 e. The van der Waals surface area contributed by atoms with Gasteiger partial charge in [0.25, 0.3) is 0 Å². The Morgan fingerprint density at radius 3 is 1.41 bits per heavy atom. The molecule has 17 heavy (non-hydrogen) atoms. The van der Waals surface area contributed by atoms with Crippen molar-refractivity contribution in [3.63, 3.8) is 0 Å². The Hall–Kier alpha value is -2.21. The zero-order valence-electron chi connectivity index (χ0n) is 9.66. The van der Waals surface area contributed by atoms with E-state index in [0.717, 1.165) is 0 Å². The molecular formula is C17H15+. The van der Waals surface area contributed by atoms with Crippen LogP contribution in [0.2, 0.25) is 0 Å². The minimum Gasteiger partial charge on any atom is -0.0621 e. The summed E-state index contributed by atoms with van der Waals surface area (Å²) in [6.07, 6.45) is 10.3. The predicted molar refractivity (Wildman–Crippen MR) is 75.3 cm³/mol. The first-order valence-electron chi connectivity index (χ1n) is 5.73. The van der Waals surface area contributed by atoms with Gasteiger partial charge in [0.2, 0.25) is 0 Å². The highest BCUT2D eigenvalue weighted by Crippen LogP contribution is 2.04. The molecule has 0 N–H and O–H groups in total. The molecule has 0 spiro atoms. The highest BCUT2D eigenvalue weighted by atomic mass is 13.9. The van der Waals surface area contributed by atoms with Gasteiger partial charge in [-0.15, -0.1) is 0 Å². The van der Waals surface area contributed by atoms with Crippen LogP contribution >= 0.6 is 0 Å². The highest BCUT2D eigenvalue weighted by molar-refractivity contribution is 5.54. The number of rotatable bonds is 4. The molecule has 0 saturated carbocycles. The molecular weight excluding hydrogens is 204 g/mol. The first kappa shape index (κ1) is 11.3. The van der Waals surface area contributed by atoms with Crippen molar-refractivity contribution in [3.8, 4) is 0 Å². The minimum absolute atomic E-state index is 1.22. The normalized spacial score (nSPS) is 11.1. The lowest BCUT2D eigenvalue weighted by Gasteiger charge is -1.86. The van der Waals surface area contributed by atoms with Crippen LogP contribution in [0.25, 0.3) is 12.2 Å². The lowest BCUT2D eigenvalue weighted by Crippen LogP contribution is -1.70. The van der Waals surface area contributed by atoms with Crippen LogP contribution in [0.1, 0.15) is 11.1 Å². The van der Waals surface area contributed by atoms with Gasteiger partial charge >= 0.3 is 0 Å². The fourth-order valence-corrected chi connectivity index (χ4v) is 1.53. The molecule has 0 heteroatoms. The minimum atomic E-state index is 1.22. The smallest absolute Gasteiger partial charge is 0.0473 e. The molecule has 2 rings (SSSR count). The summed E-state index contributed by atoms with van der Waals surface area (Å²) in [5.74, 6) is 0. The van der Waals surface area contributed by atoms with E-state index in [2.05, 4.69) is 48.6 Å². The Morgan fingerprint density at radius 2 is 1.00 bits per heavy atom. The van der Waals surface area contributed by atoms with E-state index in [4.69, 9.17) is 0 Å². The van der Waals surface area contributed by atoms with E-state index in [-0.39, 0.29) is 0 Å². The molecule has 2 aromatic carbocycles. The van der Waals surface area contributed by atoms with Gasteiger partial charge in [-0.2, -0.15) is 0 Å². The van der Waals surface area contributed by atoms with Crippen molar-refractivity contribution < 1.29 is 0 Å². The second kappa shape index (κ2) is 6.39. The summed E-state index contributed by atoms with van der Waals surface area (Å²) in [4.78, 5) is 0. The van der Waals surface area contributed by atoms with Gasteiger partial charge < -0.3 is 0 Å². The van der Waals surface area contributed by atoms with Crippen molar-refractivity contribution in [2.24, 2.45) is 0 Å². The molecule has 0 aliphatic carbocycles. The second-order valence-corrected chi connectivity index (χ2v) is 3.73. The molecule has 0 nitrogen and oxygen atoms in total. The van der Waals surface area contributed by atoms with Gasteiger partial charge in [0.05, 0.1) is 0 Å². The van der Waals surface area contributed by atoms with Crippen molar-refractivity contribution in [2.75, 3.05) is 0 Å². The van der Waals surface area contributed by atoms with Crippen molar-refractivity contribution in [2.45, 2.75) is 0 Å². The van der Waals surface area contributed by atoms with Crippen molar-refractivity contribution in [3.05, 3.63) is 90.4 Å². The summed E-state index contributed by atoms with van der Waals surface area (Å²) in [5.41, 5.74) is 2.44. The molecule has 0 saturated heterocycles. The Labute approximate surface area is 103 Å².